The largest absolute Gasteiger partial charge is 0.384 e. The second-order valence-electron chi connectivity index (χ2n) is 4.70. The molecule has 3 rings (SSSR count). The van der Waals surface area contributed by atoms with E-state index in [4.69, 9.17) is 11.6 Å². The van der Waals surface area contributed by atoms with Crippen molar-refractivity contribution in [3.05, 3.63) is 52.8 Å². The van der Waals surface area contributed by atoms with Crippen LogP contribution >= 0.6 is 11.6 Å². The van der Waals surface area contributed by atoms with Crippen molar-refractivity contribution in [1.29, 1.82) is 0 Å². The highest BCUT2D eigenvalue weighted by molar-refractivity contribution is 7.92. The van der Waals surface area contributed by atoms with Gasteiger partial charge in [-0.2, -0.15) is 0 Å². The van der Waals surface area contributed by atoms with E-state index >= 15 is 0 Å². The van der Waals surface area contributed by atoms with Gasteiger partial charge in [0.25, 0.3) is 10.0 Å². The molecule has 110 valence electrons. The van der Waals surface area contributed by atoms with Crippen LogP contribution in [0.2, 0.25) is 5.02 Å². The van der Waals surface area contributed by atoms with E-state index in [-0.39, 0.29) is 15.6 Å². The lowest BCUT2D eigenvalue weighted by Gasteiger charge is -2.11. The molecule has 0 amide bonds. The molecule has 2 aromatic carbocycles. The van der Waals surface area contributed by atoms with Gasteiger partial charge in [0.2, 0.25) is 0 Å². The van der Waals surface area contributed by atoms with E-state index in [0.29, 0.717) is 0 Å². The van der Waals surface area contributed by atoms with Gasteiger partial charge in [-0.3, -0.25) is 4.72 Å². The average molecular weight is 327 g/mol. The summed E-state index contributed by atoms with van der Waals surface area (Å²) in [6.07, 6.45) is 0.863. The fourth-order valence-electron chi connectivity index (χ4n) is 2.23. The third-order valence-corrected chi connectivity index (χ3v) is 4.96. The number of fused-ring (bicyclic) bond motifs is 1. The van der Waals surface area contributed by atoms with Crippen molar-refractivity contribution in [1.82, 2.24) is 0 Å². The Kier molecular flexibility index (Phi) is 3.51. The smallest absolute Gasteiger partial charge is 0.262 e. The molecular weight excluding hydrogens is 315 g/mol. The zero-order chi connectivity index (χ0) is 15.0. The van der Waals surface area contributed by atoms with E-state index in [0.717, 1.165) is 30.3 Å². The predicted octanol–water partition coefficient (Wildman–Crippen LogP) is 3.25. The molecule has 1 heterocycles. The summed E-state index contributed by atoms with van der Waals surface area (Å²) in [5.41, 5.74) is 1.61. The fourth-order valence-corrected chi connectivity index (χ4v) is 3.61. The van der Waals surface area contributed by atoms with E-state index in [1.807, 2.05) is 0 Å². The van der Waals surface area contributed by atoms with Crippen LogP contribution in [0.15, 0.2) is 41.3 Å². The normalized spacial score (nSPS) is 13.6. The summed E-state index contributed by atoms with van der Waals surface area (Å²) in [6, 6.07) is 8.78. The molecule has 21 heavy (non-hydrogen) atoms. The number of hydrogen-bond donors (Lipinski definition) is 2. The van der Waals surface area contributed by atoms with Crippen LogP contribution in [0.3, 0.4) is 0 Å². The van der Waals surface area contributed by atoms with Gasteiger partial charge in [-0.1, -0.05) is 23.7 Å². The number of anilines is 2. The Morgan fingerprint density at radius 3 is 2.81 bits per heavy atom. The van der Waals surface area contributed by atoms with Crippen LogP contribution in [0.1, 0.15) is 5.56 Å². The Bertz CT molecular complexity index is 788. The first-order valence-corrected chi connectivity index (χ1v) is 8.17. The summed E-state index contributed by atoms with van der Waals surface area (Å²) >= 11 is 5.84. The second-order valence-corrected chi connectivity index (χ2v) is 6.79. The van der Waals surface area contributed by atoms with Crippen molar-refractivity contribution in [3.63, 3.8) is 0 Å². The summed E-state index contributed by atoms with van der Waals surface area (Å²) in [4.78, 5) is 0.0648. The number of benzene rings is 2. The quantitative estimate of drug-likeness (QED) is 0.910. The Morgan fingerprint density at radius 1 is 1.24 bits per heavy atom. The molecule has 0 saturated carbocycles. The Morgan fingerprint density at radius 2 is 2.05 bits per heavy atom. The van der Waals surface area contributed by atoms with E-state index < -0.39 is 15.8 Å². The Balaban J connectivity index is 1.98. The highest BCUT2D eigenvalue weighted by Gasteiger charge is 2.20. The minimum absolute atomic E-state index is 0.0119. The van der Waals surface area contributed by atoms with Gasteiger partial charge in [0, 0.05) is 12.2 Å². The zero-order valence-corrected chi connectivity index (χ0v) is 12.4. The Hall–Kier alpha value is -1.79. The number of hydrogen-bond acceptors (Lipinski definition) is 3. The first-order valence-electron chi connectivity index (χ1n) is 6.31. The molecule has 0 aromatic heterocycles. The number of sulfonamides is 1. The molecule has 2 aromatic rings. The fraction of sp³-hybridized carbons (Fsp3) is 0.143. The summed E-state index contributed by atoms with van der Waals surface area (Å²) in [5.74, 6) is -0.717. The number of nitrogens with one attached hydrogen (secondary N) is 2. The lowest BCUT2D eigenvalue weighted by molar-refractivity contribution is 0.598. The number of para-hydroxylation sites is 1. The van der Waals surface area contributed by atoms with Gasteiger partial charge in [0.15, 0.2) is 0 Å². The van der Waals surface area contributed by atoms with Crippen molar-refractivity contribution in [2.24, 2.45) is 0 Å². The highest BCUT2D eigenvalue weighted by atomic mass is 35.5. The van der Waals surface area contributed by atoms with Crippen molar-refractivity contribution >= 4 is 33.0 Å². The van der Waals surface area contributed by atoms with E-state index in [2.05, 4.69) is 10.0 Å². The topological polar surface area (TPSA) is 58.2 Å². The number of rotatable bonds is 3. The van der Waals surface area contributed by atoms with Gasteiger partial charge in [0.05, 0.1) is 9.92 Å². The van der Waals surface area contributed by atoms with Crippen LogP contribution in [-0.2, 0) is 16.4 Å². The van der Waals surface area contributed by atoms with Crippen LogP contribution in [0, 0.1) is 5.82 Å². The Labute approximate surface area is 127 Å². The molecule has 0 radical (unpaired) electrons. The van der Waals surface area contributed by atoms with Crippen molar-refractivity contribution in [2.45, 2.75) is 11.3 Å². The monoisotopic (exact) mass is 326 g/mol. The van der Waals surface area contributed by atoms with E-state index in [9.17, 15) is 12.8 Å². The van der Waals surface area contributed by atoms with Gasteiger partial charge in [-0.05, 0) is 36.2 Å². The van der Waals surface area contributed by atoms with Gasteiger partial charge in [-0.25, -0.2) is 12.8 Å². The third kappa shape index (κ3) is 2.69. The summed E-state index contributed by atoms with van der Waals surface area (Å²) in [5, 5.41) is 3.12. The molecule has 0 bridgehead atoms. The highest BCUT2D eigenvalue weighted by Crippen LogP contribution is 2.29. The third-order valence-electron chi connectivity index (χ3n) is 3.30. The van der Waals surface area contributed by atoms with Gasteiger partial charge in [-0.15, -0.1) is 0 Å². The summed E-state index contributed by atoms with van der Waals surface area (Å²) < 4.78 is 40.6. The standard InChI is InChI=1S/C14H12ClFN2O2S/c15-11-2-1-3-12(16)14(11)18-21(19,20)10-5-4-9-6-7-17-13(9)8-10/h1-5,8,17-18H,6-7H2. The molecule has 1 aliphatic rings. The molecule has 4 nitrogen and oxygen atoms in total. The van der Waals surface area contributed by atoms with E-state index in [1.54, 1.807) is 12.1 Å². The molecule has 0 unspecified atom stereocenters. The predicted molar refractivity (Wildman–Crippen MR) is 80.9 cm³/mol. The SMILES string of the molecule is O=S(=O)(Nc1c(F)cccc1Cl)c1ccc2c(c1)NCC2. The minimum Gasteiger partial charge on any atom is -0.384 e. The first kappa shape index (κ1) is 14.2. The lowest BCUT2D eigenvalue weighted by Crippen LogP contribution is -2.14. The van der Waals surface area contributed by atoms with Crippen molar-refractivity contribution < 1.29 is 12.8 Å². The van der Waals surface area contributed by atoms with Crippen molar-refractivity contribution in [3.8, 4) is 0 Å². The lowest BCUT2D eigenvalue weighted by atomic mass is 10.2. The van der Waals surface area contributed by atoms with E-state index in [1.165, 1.54) is 18.2 Å². The van der Waals surface area contributed by atoms with Gasteiger partial charge < -0.3 is 5.32 Å². The van der Waals surface area contributed by atoms with Gasteiger partial charge in [0.1, 0.15) is 11.5 Å². The van der Waals surface area contributed by atoms with Crippen LogP contribution in [0.4, 0.5) is 15.8 Å². The van der Waals surface area contributed by atoms with Crippen LogP contribution in [0.25, 0.3) is 0 Å². The van der Waals surface area contributed by atoms with Crippen LogP contribution in [-0.4, -0.2) is 15.0 Å². The first-order chi connectivity index (χ1) is 9.97. The molecule has 2 N–H and O–H groups in total. The maximum Gasteiger partial charge on any atom is 0.262 e. The molecule has 0 fully saturated rings. The van der Waals surface area contributed by atoms with Gasteiger partial charge >= 0.3 is 0 Å². The maximum atomic E-state index is 13.7. The molecule has 0 aliphatic carbocycles. The maximum absolute atomic E-state index is 13.7. The summed E-state index contributed by atoms with van der Waals surface area (Å²) in [7, 11) is -3.89. The van der Waals surface area contributed by atoms with Crippen molar-refractivity contribution in [2.75, 3.05) is 16.6 Å². The minimum atomic E-state index is -3.89. The molecule has 0 atom stereocenters. The average Bonchev–Trinajstić information content (AvgIpc) is 2.90. The molecule has 0 spiro atoms. The number of halogens is 2. The summed E-state index contributed by atoms with van der Waals surface area (Å²) in [6.45, 7) is 0.783. The zero-order valence-electron chi connectivity index (χ0n) is 10.9. The molecule has 7 heteroatoms. The molecule has 1 aliphatic heterocycles. The van der Waals surface area contributed by atoms with Crippen LogP contribution in [0.5, 0.6) is 0 Å². The molecular formula is C14H12ClFN2O2S. The molecule has 0 saturated heterocycles. The van der Waals surface area contributed by atoms with Crippen LogP contribution < -0.4 is 10.0 Å². The second kappa shape index (κ2) is 5.20.